The molecular formula is C9H8N4O3S. The number of H-pyrrole nitrogens is 1. The number of rotatable bonds is 3. The second kappa shape index (κ2) is 4.34. The number of aromatic carboxylic acids is 1. The largest absolute Gasteiger partial charge is 0.477 e. The second-order valence-corrected chi connectivity index (χ2v) is 3.92. The highest BCUT2D eigenvalue weighted by atomic mass is 32.1. The van der Waals surface area contributed by atoms with Crippen LogP contribution in [0, 0.1) is 6.92 Å². The Labute approximate surface area is 99.5 Å². The molecule has 0 saturated carbocycles. The van der Waals surface area contributed by atoms with E-state index in [-0.39, 0.29) is 17.1 Å². The van der Waals surface area contributed by atoms with Gasteiger partial charge in [-0.3, -0.25) is 9.89 Å². The van der Waals surface area contributed by atoms with Crippen LogP contribution in [0.4, 0.5) is 5.82 Å². The van der Waals surface area contributed by atoms with E-state index in [4.69, 9.17) is 5.11 Å². The van der Waals surface area contributed by atoms with E-state index in [1.807, 2.05) is 0 Å². The first-order valence-electron chi connectivity index (χ1n) is 4.57. The van der Waals surface area contributed by atoms with E-state index >= 15 is 0 Å². The minimum absolute atomic E-state index is 0.00648. The smallest absolute Gasteiger partial charge is 0.341 e. The van der Waals surface area contributed by atoms with E-state index in [2.05, 4.69) is 20.5 Å². The van der Waals surface area contributed by atoms with Crippen LogP contribution in [0.2, 0.25) is 0 Å². The lowest BCUT2D eigenvalue weighted by Gasteiger charge is -2.00. The molecular weight excluding hydrogens is 244 g/mol. The second-order valence-electron chi connectivity index (χ2n) is 3.21. The zero-order valence-electron chi connectivity index (χ0n) is 8.72. The summed E-state index contributed by atoms with van der Waals surface area (Å²) in [5.74, 6) is -1.64. The average molecular weight is 252 g/mol. The van der Waals surface area contributed by atoms with Crippen molar-refractivity contribution in [3.05, 3.63) is 27.8 Å². The van der Waals surface area contributed by atoms with Crippen LogP contribution in [-0.4, -0.2) is 32.2 Å². The molecule has 0 aliphatic heterocycles. The summed E-state index contributed by atoms with van der Waals surface area (Å²) in [6.07, 6.45) is 0. The predicted octanol–water partition coefficient (Wildman–Crippen LogP) is 1.13. The summed E-state index contributed by atoms with van der Waals surface area (Å²) in [6, 6.07) is 0. The maximum atomic E-state index is 11.6. The number of amides is 1. The number of hydrogen-bond acceptors (Lipinski definition) is 5. The van der Waals surface area contributed by atoms with Crippen molar-refractivity contribution in [1.82, 2.24) is 15.2 Å². The Morgan fingerprint density at radius 2 is 2.29 bits per heavy atom. The maximum Gasteiger partial charge on any atom is 0.341 e. The molecule has 0 aliphatic rings. The number of aryl methyl sites for hydroxylation is 1. The number of carboxylic acid groups (broad SMARTS) is 1. The van der Waals surface area contributed by atoms with E-state index in [9.17, 15) is 9.59 Å². The van der Waals surface area contributed by atoms with Crippen LogP contribution in [0.25, 0.3) is 0 Å². The summed E-state index contributed by atoms with van der Waals surface area (Å²) < 4.78 is 0. The highest BCUT2D eigenvalue weighted by molar-refractivity contribution is 7.07. The molecule has 8 heteroatoms. The molecule has 2 aromatic heterocycles. The fourth-order valence-corrected chi connectivity index (χ4v) is 1.81. The molecule has 0 aliphatic carbocycles. The molecule has 0 aromatic carbocycles. The van der Waals surface area contributed by atoms with Crippen LogP contribution in [0.5, 0.6) is 0 Å². The highest BCUT2D eigenvalue weighted by Gasteiger charge is 2.19. The number of nitrogens with zero attached hydrogens (tertiary/aromatic N) is 2. The Kier molecular flexibility index (Phi) is 2.88. The maximum absolute atomic E-state index is 11.6. The first kappa shape index (κ1) is 11.3. The van der Waals surface area contributed by atoms with Gasteiger partial charge in [-0.25, -0.2) is 9.78 Å². The minimum Gasteiger partial charge on any atom is -0.477 e. The van der Waals surface area contributed by atoms with Gasteiger partial charge in [0, 0.05) is 11.1 Å². The number of anilines is 1. The molecule has 17 heavy (non-hydrogen) atoms. The van der Waals surface area contributed by atoms with Gasteiger partial charge in [-0.1, -0.05) is 0 Å². The molecule has 0 atom stereocenters. The molecule has 0 spiro atoms. The topological polar surface area (TPSA) is 108 Å². The molecule has 0 bridgehead atoms. The average Bonchev–Trinajstić information content (AvgIpc) is 2.87. The van der Waals surface area contributed by atoms with Crippen molar-refractivity contribution in [3.8, 4) is 0 Å². The van der Waals surface area contributed by atoms with E-state index in [0.29, 0.717) is 5.69 Å². The lowest BCUT2D eigenvalue weighted by Crippen LogP contribution is -2.15. The van der Waals surface area contributed by atoms with Crippen molar-refractivity contribution in [3.63, 3.8) is 0 Å². The van der Waals surface area contributed by atoms with Gasteiger partial charge in [0.1, 0.15) is 11.3 Å². The lowest BCUT2D eigenvalue weighted by molar-refractivity contribution is 0.0697. The number of thiazole rings is 1. The van der Waals surface area contributed by atoms with Crippen molar-refractivity contribution in [1.29, 1.82) is 0 Å². The van der Waals surface area contributed by atoms with Crippen LogP contribution in [-0.2, 0) is 0 Å². The first-order valence-corrected chi connectivity index (χ1v) is 5.51. The van der Waals surface area contributed by atoms with Crippen molar-refractivity contribution in [2.75, 3.05) is 5.32 Å². The van der Waals surface area contributed by atoms with Gasteiger partial charge in [-0.15, -0.1) is 11.3 Å². The van der Waals surface area contributed by atoms with E-state index in [1.54, 1.807) is 12.3 Å². The van der Waals surface area contributed by atoms with Crippen LogP contribution >= 0.6 is 11.3 Å². The van der Waals surface area contributed by atoms with E-state index < -0.39 is 11.9 Å². The Morgan fingerprint density at radius 1 is 1.53 bits per heavy atom. The standard InChI is InChI=1S/C9H8N4O3S/c1-4-6(9(15)16)7(13-12-4)11-8(14)5-2-17-3-10-5/h2-3H,1H3,(H,15,16)(H2,11,12,13,14). The van der Waals surface area contributed by atoms with Crippen molar-refractivity contribution in [2.45, 2.75) is 6.92 Å². The van der Waals surface area contributed by atoms with E-state index in [1.165, 1.54) is 16.8 Å². The zero-order chi connectivity index (χ0) is 12.4. The van der Waals surface area contributed by atoms with Crippen LogP contribution in [0.1, 0.15) is 26.5 Å². The Morgan fingerprint density at radius 3 is 2.88 bits per heavy atom. The third-order valence-corrected chi connectivity index (χ3v) is 2.64. The van der Waals surface area contributed by atoms with Gasteiger partial charge < -0.3 is 10.4 Å². The normalized spacial score (nSPS) is 10.2. The Balaban J connectivity index is 2.25. The van der Waals surface area contributed by atoms with Crippen LogP contribution < -0.4 is 5.32 Å². The Hall–Kier alpha value is -2.22. The van der Waals surface area contributed by atoms with Gasteiger partial charge in [-0.2, -0.15) is 5.10 Å². The number of aromatic amines is 1. The molecule has 3 N–H and O–H groups in total. The number of hydrogen-bond donors (Lipinski definition) is 3. The molecule has 2 heterocycles. The fraction of sp³-hybridized carbons (Fsp3) is 0.111. The number of carboxylic acids is 1. The summed E-state index contributed by atoms with van der Waals surface area (Å²) in [5.41, 5.74) is 2.08. The van der Waals surface area contributed by atoms with Gasteiger partial charge in [-0.05, 0) is 6.92 Å². The van der Waals surface area contributed by atoms with Gasteiger partial charge in [0.05, 0.1) is 5.51 Å². The summed E-state index contributed by atoms with van der Waals surface area (Å²) >= 11 is 1.28. The molecule has 0 unspecified atom stereocenters. The Bertz CT molecular complexity index is 561. The summed E-state index contributed by atoms with van der Waals surface area (Å²) in [7, 11) is 0. The molecule has 0 radical (unpaired) electrons. The predicted molar refractivity (Wildman–Crippen MR) is 60.4 cm³/mol. The summed E-state index contributed by atoms with van der Waals surface area (Å²) in [5, 5.41) is 19.1. The fourth-order valence-electron chi connectivity index (χ4n) is 1.28. The molecule has 2 rings (SSSR count). The molecule has 88 valence electrons. The third-order valence-electron chi connectivity index (χ3n) is 2.06. The number of nitrogens with one attached hydrogen (secondary N) is 2. The zero-order valence-corrected chi connectivity index (χ0v) is 9.54. The SMILES string of the molecule is Cc1[nH]nc(NC(=O)c2cscn2)c1C(=O)O. The van der Waals surface area contributed by atoms with Gasteiger partial charge in [0.25, 0.3) is 5.91 Å². The quantitative estimate of drug-likeness (QED) is 0.758. The molecule has 0 fully saturated rings. The molecule has 0 saturated heterocycles. The van der Waals surface area contributed by atoms with Gasteiger partial charge >= 0.3 is 5.97 Å². The summed E-state index contributed by atoms with van der Waals surface area (Å²) in [4.78, 5) is 26.4. The van der Waals surface area contributed by atoms with Gasteiger partial charge in [0.15, 0.2) is 5.82 Å². The highest BCUT2D eigenvalue weighted by Crippen LogP contribution is 2.16. The van der Waals surface area contributed by atoms with Crippen LogP contribution in [0.15, 0.2) is 10.9 Å². The lowest BCUT2D eigenvalue weighted by atomic mass is 10.2. The van der Waals surface area contributed by atoms with Crippen molar-refractivity contribution < 1.29 is 14.7 Å². The first-order chi connectivity index (χ1) is 8.09. The minimum atomic E-state index is -1.15. The third kappa shape index (κ3) is 2.16. The number of carbonyl (C=O) groups is 2. The monoisotopic (exact) mass is 252 g/mol. The molecule has 1 amide bonds. The van der Waals surface area contributed by atoms with Crippen LogP contribution in [0.3, 0.4) is 0 Å². The summed E-state index contributed by atoms with van der Waals surface area (Å²) in [6.45, 7) is 1.56. The van der Waals surface area contributed by atoms with E-state index in [0.717, 1.165) is 0 Å². The number of aromatic nitrogens is 3. The molecule has 2 aromatic rings. The van der Waals surface area contributed by atoms with Crippen molar-refractivity contribution in [2.24, 2.45) is 0 Å². The number of carbonyl (C=O) groups excluding carboxylic acids is 1. The molecule has 7 nitrogen and oxygen atoms in total. The van der Waals surface area contributed by atoms with Crippen molar-refractivity contribution >= 4 is 29.0 Å². The van der Waals surface area contributed by atoms with Gasteiger partial charge in [0.2, 0.25) is 0 Å².